The van der Waals surface area contributed by atoms with Crippen LogP contribution in [0.2, 0.25) is 0 Å². The first-order valence-corrected chi connectivity index (χ1v) is 9.81. The molecule has 2 aliphatic rings. The van der Waals surface area contributed by atoms with Gasteiger partial charge >= 0.3 is 12.1 Å². The monoisotopic (exact) mass is 429 g/mol. The number of aryl methyl sites for hydroxylation is 1. The molecule has 8 nitrogen and oxygen atoms in total. The minimum Gasteiger partial charge on any atom is -0.448 e. The molecule has 0 aliphatic carbocycles. The van der Waals surface area contributed by atoms with Crippen LogP contribution in [0.1, 0.15) is 29.7 Å². The highest BCUT2D eigenvalue weighted by atomic mass is 19.2. The van der Waals surface area contributed by atoms with Crippen molar-refractivity contribution in [2.75, 3.05) is 19.7 Å². The van der Waals surface area contributed by atoms with Crippen molar-refractivity contribution in [2.24, 2.45) is 5.10 Å². The second-order valence-electron chi connectivity index (χ2n) is 7.47. The number of carbonyl (C=O) groups is 2. The highest BCUT2D eigenvalue weighted by Crippen LogP contribution is 2.23. The number of benzene rings is 1. The Morgan fingerprint density at radius 1 is 1.29 bits per heavy atom. The summed E-state index contributed by atoms with van der Waals surface area (Å²) in [4.78, 5) is 29.9. The predicted octanol–water partition coefficient (Wildman–Crippen LogP) is 2.98. The van der Waals surface area contributed by atoms with Gasteiger partial charge in [-0.2, -0.15) is 9.49 Å². The summed E-state index contributed by atoms with van der Waals surface area (Å²) in [5, 5.41) is 8.40. The lowest BCUT2D eigenvalue weighted by Crippen LogP contribution is -2.46. The third-order valence-corrected chi connectivity index (χ3v) is 5.30. The Kier molecular flexibility index (Phi) is 5.53. The summed E-state index contributed by atoms with van der Waals surface area (Å²) in [6.07, 6.45) is 0.713. The van der Waals surface area contributed by atoms with E-state index in [-0.39, 0.29) is 13.2 Å². The van der Waals surface area contributed by atoms with Gasteiger partial charge in [-0.25, -0.2) is 24.0 Å². The highest BCUT2D eigenvalue weighted by molar-refractivity contribution is 6.07. The van der Waals surface area contributed by atoms with E-state index in [1.165, 1.54) is 5.01 Å². The number of aromatic nitrogens is 1. The number of rotatable bonds is 4. The molecule has 31 heavy (non-hydrogen) atoms. The van der Waals surface area contributed by atoms with Crippen LogP contribution in [-0.2, 0) is 4.74 Å². The van der Waals surface area contributed by atoms with Gasteiger partial charge in [-0.1, -0.05) is 29.8 Å². The van der Waals surface area contributed by atoms with E-state index in [4.69, 9.17) is 4.74 Å². The second kappa shape index (κ2) is 8.29. The summed E-state index contributed by atoms with van der Waals surface area (Å²) in [6.45, 7) is 4.42. The molecule has 1 N–H and O–H groups in total. The fourth-order valence-electron chi connectivity index (χ4n) is 3.54. The maximum absolute atomic E-state index is 13.5. The van der Waals surface area contributed by atoms with E-state index in [0.29, 0.717) is 17.8 Å². The molecule has 1 aromatic heterocycles. The average molecular weight is 429 g/mol. The van der Waals surface area contributed by atoms with Crippen LogP contribution < -0.4 is 5.32 Å². The van der Waals surface area contributed by atoms with Crippen LogP contribution in [0.5, 0.6) is 0 Å². The zero-order chi connectivity index (χ0) is 22.1. The number of nitrogens with zero attached hydrogens (tertiary/aromatic N) is 4. The summed E-state index contributed by atoms with van der Waals surface area (Å²) in [5.41, 5.74) is 2.76. The van der Waals surface area contributed by atoms with Crippen molar-refractivity contribution < 1.29 is 23.1 Å². The van der Waals surface area contributed by atoms with Gasteiger partial charge in [0.25, 0.3) is 0 Å². The Morgan fingerprint density at radius 3 is 2.68 bits per heavy atom. The number of carbonyl (C=O) groups excluding carboxylic acids is 2. The van der Waals surface area contributed by atoms with E-state index in [2.05, 4.69) is 15.4 Å². The standard InChI is InChI=1S/C21H21F2N5O3/c1-12-3-5-14(6-4-12)18-17(27-7-8-31-21(27)30)11-28(26-18)20(29)25-13(2)15-9-16(22)19(23)24-10-15/h3-6,9-10,13,17H,7-8,11H2,1-2H3,(H,25,29)/t13-,17?/m1/s1. The first-order valence-electron chi connectivity index (χ1n) is 9.81. The fourth-order valence-corrected chi connectivity index (χ4v) is 3.54. The largest absolute Gasteiger partial charge is 0.448 e. The summed E-state index contributed by atoms with van der Waals surface area (Å²) in [5.74, 6) is -2.29. The minimum atomic E-state index is -1.20. The van der Waals surface area contributed by atoms with Crippen LogP contribution in [-0.4, -0.2) is 58.5 Å². The van der Waals surface area contributed by atoms with Crippen LogP contribution in [0.3, 0.4) is 0 Å². The molecule has 3 amide bonds. The SMILES string of the molecule is Cc1ccc(C2=NN(C(=O)N[C@H](C)c3cnc(F)c(F)c3)CC2N2CCOC2=O)cc1. The topological polar surface area (TPSA) is 87.1 Å². The number of hydrogen-bond acceptors (Lipinski definition) is 5. The highest BCUT2D eigenvalue weighted by Gasteiger charge is 2.40. The molecule has 2 atom stereocenters. The number of hydrogen-bond donors (Lipinski definition) is 1. The lowest BCUT2D eigenvalue weighted by atomic mass is 10.0. The number of nitrogens with one attached hydrogen (secondary N) is 1. The van der Waals surface area contributed by atoms with Crippen LogP contribution in [0.25, 0.3) is 0 Å². The summed E-state index contributed by atoms with van der Waals surface area (Å²) in [6, 6.07) is 7.00. The van der Waals surface area contributed by atoms with E-state index < -0.39 is 36.0 Å². The molecule has 3 heterocycles. The van der Waals surface area contributed by atoms with Gasteiger partial charge in [0.1, 0.15) is 6.61 Å². The molecule has 1 aromatic carbocycles. The number of cyclic esters (lactones) is 1. The quantitative estimate of drug-likeness (QED) is 0.757. The molecule has 2 aromatic rings. The van der Waals surface area contributed by atoms with Crippen molar-refractivity contribution >= 4 is 17.8 Å². The molecule has 4 rings (SSSR count). The molecule has 1 saturated heterocycles. The van der Waals surface area contributed by atoms with E-state index in [1.54, 1.807) is 11.8 Å². The van der Waals surface area contributed by atoms with Crippen molar-refractivity contribution in [1.82, 2.24) is 20.2 Å². The number of amides is 3. The molecule has 1 unspecified atom stereocenters. The van der Waals surface area contributed by atoms with E-state index in [9.17, 15) is 18.4 Å². The first-order chi connectivity index (χ1) is 14.8. The van der Waals surface area contributed by atoms with Crippen LogP contribution in [0, 0.1) is 18.7 Å². The van der Waals surface area contributed by atoms with Gasteiger partial charge < -0.3 is 10.1 Å². The van der Waals surface area contributed by atoms with Crippen molar-refractivity contribution in [3.8, 4) is 0 Å². The van der Waals surface area contributed by atoms with Gasteiger partial charge in [-0.3, -0.25) is 4.90 Å². The van der Waals surface area contributed by atoms with Gasteiger partial charge in [-0.15, -0.1) is 0 Å². The lowest BCUT2D eigenvalue weighted by Gasteiger charge is -2.23. The van der Waals surface area contributed by atoms with E-state index >= 15 is 0 Å². The summed E-state index contributed by atoms with van der Waals surface area (Å²) >= 11 is 0. The number of urea groups is 1. The van der Waals surface area contributed by atoms with Crippen LogP contribution in [0.15, 0.2) is 41.6 Å². The molecule has 10 heteroatoms. The first kappa shape index (κ1) is 20.7. The Morgan fingerprint density at radius 2 is 2.03 bits per heavy atom. The Hall–Kier alpha value is -3.56. The molecule has 1 fully saturated rings. The van der Waals surface area contributed by atoms with Crippen molar-refractivity contribution in [1.29, 1.82) is 0 Å². The molecule has 2 aliphatic heterocycles. The third kappa shape index (κ3) is 4.18. The van der Waals surface area contributed by atoms with Crippen LogP contribution >= 0.6 is 0 Å². The van der Waals surface area contributed by atoms with Crippen molar-refractivity contribution in [3.63, 3.8) is 0 Å². The molecule has 0 bridgehead atoms. The normalized spacial score (nSPS) is 19.3. The molecular formula is C21H21F2N5O3. The van der Waals surface area contributed by atoms with Gasteiger partial charge in [0.05, 0.1) is 30.9 Å². The number of halogens is 2. The zero-order valence-corrected chi connectivity index (χ0v) is 17.0. The van der Waals surface area contributed by atoms with Crippen molar-refractivity contribution in [3.05, 3.63) is 65.0 Å². The van der Waals surface area contributed by atoms with Gasteiger partial charge in [0.15, 0.2) is 5.82 Å². The smallest absolute Gasteiger partial charge is 0.410 e. The van der Waals surface area contributed by atoms with Gasteiger partial charge in [0.2, 0.25) is 5.95 Å². The molecule has 0 saturated carbocycles. The number of hydrazone groups is 1. The number of ether oxygens (including phenoxy) is 1. The number of pyridine rings is 1. The second-order valence-corrected chi connectivity index (χ2v) is 7.47. The minimum absolute atomic E-state index is 0.146. The predicted molar refractivity (Wildman–Crippen MR) is 107 cm³/mol. The van der Waals surface area contributed by atoms with E-state index in [1.807, 2.05) is 31.2 Å². The van der Waals surface area contributed by atoms with Crippen LogP contribution in [0.4, 0.5) is 18.4 Å². The van der Waals surface area contributed by atoms with Crippen molar-refractivity contribution in [2.45, 2.75) is 25.9 Å². The molecular weight excluding hydrogens is 408 g/mol. The molecule has 0 spiro atoms. The third-order valence-electron chi connectivity index (χ3n) is 5.30. The Balaban J connectivity index is 1.55. The van der Waals surface area contributed by atoms with Gasteiger partial charge in [0, 0.05) is 6.20 Å². The Bertz CT molecular complexity index is 1040. The average Bonchev–Trinajstić information content (AvgIpc) is 3.36. The van der Waals surface area contributed by atoms with Gasteiger partial charge in [-0.05, 0) is 31.0 Å². The molecule has 0 radical (unpaired) electrons. The Labute approximate surface area is 177 Å². The van der Waals surface area contributed by atoms with E-state index in [0.717, 1.165) is 23.4 Å². The maximum atomic E-state index is 13.5. The zero-order valence-electron chi connectivity index (χ0n) is 17.0. The molecule has 162 valence electrons. The lowest BCUT2D eigenvalue weighted by molar-refractivity contribution is 0.150. The summed E-state index contributed by atoms with van der Waals surface area (Å²) < 4.78 is 31.6. The maximum Gasteiger partial charge on any atom is 0.410 e. The summed E-state index contributed by atoms with van der Waals surface area (Å²) in [7, 11) is 0. The fraction of sp³-hybridized carbons (Fsp3) is 0.333.